The minimum Gasteiger partial charge on any atom is -0.366 e. The highest BCUT2D eigenvalue weighted by atomic mass is 17.5. The Balaban J connectivity index is 2.91. The van der Waals surface area contributed by atoms with Gasteiger partial charge in [0.05, 0.1) is 0 Å². The molecule has 0 bridgehead atoms. The second-order valence-electron chi connectivity index (χ2n) is 1.60. The number of hydrogen-bond donors (Lipinski definition) is 4. The highest BCUT2D eigenvalue weighted by molar-refractivity contribution is 4.24. The van der Waals surface area contributed by atoms with Crippen LogP contribution in [0.5, 0.6) is 0 Å². The predicted molar refractivity (Wildman–Crippen MR) is 29.4 cm³/mol. The molecule has 0 aliphatic heterocycles. The summed E-state index contributed by atoms with van der Waals surface area (Å²) in [5.74, 6) is 0. The average Bonchev–Trinajstić information content (AvgIpc) is 1.85. The molecule has 68 valence electrons. The van der Waals surface area contributed by atoms with Gasteiger partial charge in [-0.1, -0.05) is 5.04 Å². The molecule has 0 aromatic carbocycles. The molecule has 0 atom stereocenters. The van der Waals surface area contributed by atoms with Crippen molar-refractivity contribution < 1.29 is 35.2 Å². The van der Waals surface area contributed by atoms with Crippen molar-refractivity contribution in [2.24, 2.45) is 0 Å². The molecule has 0 rings (SSSR count). The summed E-state index contributed by atoms with van der Waals surface area (Å²) in [5, 5.41) is 36.4. The van der Waals surface area contributed by atoms with Crippen LogP contribution < -0.4 is 0 Å². The summed E-state index contributed by atoms with van der Waals surface area (Å²) in [7, 11) is 0. The van der Waals surface area contributed by atoms with Crippen molar-refractivity contribution in [3.05, 3.63) is 0 Å². The van der Waals surface area contributed by atoms with Gasteiger partial charge in [-0.2, -0.15) is 0 Å². The third-order valence-electron chi connectivity index (χ3n) is 0.530. The molecule has 0 aromatic heterocycles. The summed E-state index contributed by atoms with van der Waals surface area (Å²) >= 11 is 0. The lowest BCUT2D eigenvalue weighted by molar-refractivity contribution is -0.525. The molecule has 0 saturated carbocycles. The number of aliphatic hydroxyl groups is 4. The van der Waals surface area contributed by atoms with Crippen LogP contribution in [0.15, 0.2) is 0 Å². The monoisotopic (exact) mass is 170 g/mol. The fourth-order valence-corrected chi connectivity index (χ4v) is 0.211. The van der Waals surface area contributed by atoms with Crippen LogP contribution in [-0.2, 0) is 14.8 Å². The SMILES string of the molecule is OC(O)COOOCC(O)O. The molecule has 4 N–H and O–H groups in total. The maximum absolute atomic E-state index is 8.16. The molecule has 0 aromatic rings. The molecule has 11 heavy (non-hydrogen) atoms. The van der Waals surface area contributed by atoms with Gasteiger partial charge < -0.3 is 20.4 Å². The summed E-state index contributed by atoms with van der Waals surface area (Å²) in [4.78, 5) is 8.00. The van der Waals surface area contributed by atoms with Gasteiger partial charge in [0.15, 0.2) is 12.6 Å². The van der Waals surface area contributed by atoms with Crippen LogP contribution >= 0.6 is 0 Å². The van der Waals surface area contributed by atoms with E-state index in [2.05, 4.69) is 14.8 Å². The van der Waals surface area contributed by atoms with E-state index in [4.69, 9.17) is 20.4 Å². The van der Waals surface area contributed by atoms with Gasteiger partial charge in [-0.3, -0.25) is 0 Å². The topological polar surface area (TPSA) is 109 Å². The molecule has 0 radical (unpaired) electrons. The van der Waals surface area contributed by atoms with Crippen molar-refractivity contribution in [1.82, 2.24) is 0 Å². The Labute approximate surface area is 62.2 Å². The molecule has 7 heteroatoms. The Morgan fingerprint density at radius 1 is 0.818 bits per heavy atom. The van der Waals surface area contributed by atoms with Crippen molar-refractivity contribution in [2.45, 2.75) is 12.6 Å². The largest absolute Gasteiger partial charge is 0.366 e. The number of rotatable bonds is 6. The maximum atomic E-state index is 8.16. The first-order chi connectivity index (χ1) is 5.13. The molecule has 0 unspecified atom stereocenters. The lowest BCUT2D eigenvalue weighted by atomic mass is 10.7. The Bertz CT molecular complexity index is 72.5. The number of aliphatic hydroxyl groups excluding tert-OH is 2. The lowest BCUT2D eigenvalue weighted by Gasteiger charge is -2.04. The van der Waals surface area contributed by atoms with Gasteiger partial charge in [-0.25, -0.2) is 9.78 Å². The van der Waals surface area contributed by atoms with E-state index in [1.165, 1.54) is 0 Å². The fraction of sp³-hybridized carbons (Fsp3) is 1.00. The van der Waals surface area contributed by atoms with Crippen LogP contribution in [0.4, 0.5) is 0 Å². The Hall–Kier alpha value is -0.280. The van der Waals surface area contributed by atoms with Crippen molar-refractivity contribution >= 4 is 0 Å². The van der Waals surface area contributed by atoms with Gasteiger partial charge in [0, 0.05) is 0 Å². The molecule has 0 heterocycles. The molecular weight excluding hydrogens is 160 g/mol. The zero-order valence-electron chi connectivity index (χ0n) is 5.58. The smallest absolute Gasteiger partial charge is 0.178 e. The first-order valence-corrected chi connectivity index (χ1v) is 2.76. The van der Waals surface area contributed by atoms with Crippen LogP contribution in [0.25, 0.3) is 0 Å². The van der Waals surface area contributed by atoms with Crippen molar-refractivity contribution in [3.63, 3.8) is 0 Å². The van der Waals surface area contributed by atoms with Gasteiger partial charge in [0.2, 0.25) is 0 Å². The highest BCUT2D eigenvalue weighted by Gasteiger charge is 2.00. The predicted octanol–water partition coefficient (Wildman–Crippen LogP) is -2.51. The minimum atomic E-state index is -1.65. The first-order valence-electron chi connectivity index (χ1n) is 2.76. The van der Waals surface area contributed by atoms with Gasteiger partial charge in [0.1, 0.15) is 13.2 Å². The van der Waals surface area contributed by atoms with Gasteiger partial charge in [-0.05, 0) is 0 Å². The minimum absolute atomic E-state index is 0.485. The molecule has 0 spiro atoms. The maximum Gasteiger partial charge on any atom is 0.178 e. The van der Waals surface area contributed by atoms with Crippen LogP contribution in [0, 0.1) is 0 Å². The Morgan fingerprint density at radius 3 is 1.45 bits per heavy atom. The second-order valence-corrected chi connectivity index (χ2v) is 1.60. The second kappa shape index (κ2) is 6.43. The summed E-state index contributed by atoms with van der Waals surface area (Å²) in [6.45, 7) is -0.969. The quantitative estimate of drug-likeness (QED) is 0.151. The van der Waals surface area contributed by atoms with Gasteiger partial charge in [0.25, 0.3) is 0 Å². The summed E-state index contributed by atoms with van der Waals surface area (Å²) in [6, 6.07) is 0. The number of hydrogen-bond acceptors (Lipinski definition) is 7. The zero-order valence-corrected chi connectivity index (χ0v) is 5.58. The van der Waals surface area contributed by atoms with Crippen molar-refractivity contribution in [1.29, 1.82) is 0 Å². The Morgan fingerprint density at radius 2 is 1.18 bits per heavy atom. The van der Waals surface area contributed by atoms with E-state index in [9.17, 15) is 0 Å². The molecule has 0 saturated heterocycles. The molecular formula is C4H10O7. The molecule has 0 fully saturated rings. The average molecular weight is 170 g/mol. The third kappa shape index (κ3) is 9.72. The molecule has 0 aliphatic carbocycles. The Kier molecular flexibility index (Phi) is 6.27. The van der Waals surface area contributed by atoms with E-state index in [1.54, 1.807) is 0 Å². The van der Waals surface area contributed by atoms with E-state index in [1.807, 2.05) is 0 Å². The van der Waals surface area contributed by atoms with E-state index in [0.29, 0.717) is 0 Å². The van der Waals surface area contributed by atoms with Crippen LogP contribution in [-0.4, -0.2) is 46.2 Å². The highest BCUT2D eigenvalue weighted by Crippen LogP contribution is 1.85. The normalized spacial score (nSPS) is 11.5. The third-order valence-corrected chi connectivity index (χ3v) is 0.530. The summed E-state index contributed by atoms with van der Waals surface area (Å²) in [6.07, 6.45) is -3.31. The van der Waals surface area contributed by atoms with Crippen molar-refractivity contribution in [2.75, 3.05) is 13.2 Å². The first kappa shape index (κ1) is 10.7. The van der Waals surface area contributed by atoms with Crippen molar-refractivity contribution in [3.8, 4) is 0 Å². The summed E-state index contributed by atoms with van der Waals surface area (Å²) < 4.78 is 0. The summed E-state index contributed by atoms with van der Waals surface area (Å²) in [5.41, 5.74) is 0. The van der Waals surface area contributed by atoms with E-state index in [0.717, 1.165) is 0 Å². The zero-order chi connectivity index (χ0) is 8.69. The van der Waals surface area contributed by atoms with E-state index < -0.39 is 25.8 Å². The van der Waals surface area contributed by atoms with Crippen LogP contribution in [0.3, 0.4) is 0 Å². The molecule has 7 nitrogen and oxygen atoms in total. The standard InChI is InChI=1S/C4H10O7/c5-3(6)1-9-11-10-2-4(7)8/h3-8H,1-2H2. The van der Waals surface area contributed by atoms with Crippen LogP contribution in [0.1, 0.15) is 0 Å². The molecule has 0 amide bonds. The van der Waals surface area contributed by atoms with Gasteiger partial charge >= 0.3 is 0 Å². The van der Waals surface area contributed by atoms with Crippen LogP contribution in [0.2, 0.25) is 0 Å². The fourth-order valence-electron chi connectivity index (χ4n) is 0.211. The van der Waals surface area contributed by atoms with E-state index >= 15 is 0 Å². The molecule has 0 aliphatic rings. The lowest BCUT2D eigenvalue weighted by Crippen LogP contribution is -2.17. The van der Waals surface area contributed by atoms with Gasteiger partial charge in [-0.15, -0.1) is 0 Å². The van der Waals surface area contributed by atoms with E-state index in [-0.39, 0.29) is 0 Å².